The van der Waals surface area contributed by atoms with E-state index >= 15 is 0 Å². The second-order valence-electron chi connectivity index (χ2n) is 3.01. The van der Waals surface area contributed by atoms with Crippen LogP contribution in [0.15, 0.2) is 18.3 Å². The van der Waals surface area contributed by atoms with Crippen molar-refractivity contribution in [2.24, 2.45) is 0 Å². The lowest BCUT2D eigenvalue weighted by Gasteiger charge is -1.98. The van der Waals surface area contributed by atoms with E-state index in [1.165, 1.54) is 18.3 Å². The van der Waals surface area contributed by atoms with Crippen LogP contribution in [0.4, 0.5) is 0 Å². The number of nitrogens with zero attached hydrogens (tertiary/aromatic N) is 2. The van der Waals surface area contributed by atoms with Gasteiger partial charge >= 0.3 is 11.9 Å². The van der Waals surface area contributed by atoms with Crippen molar-refractivity contribution in [1.29, 1.82) is 0 Å². The normalized spacial score (nSPS) is 10.5. The third-order valence-electron chi connectivity index (χ3n) is 2.04. The number of hydrogen-bond donors (Lipinski definition) is 3. The van der Waals surface area contributed by atoms with E-state index in [2.05, 4.69) is 4.98 Å². The molecule has 2 aromatic rings. The molecule has 82 valence electrons. The second kappa shape index (κ2) is 3.23. The van der Waals surface area contributed by atoms with Crippen LogP contribution in [0.25, 0.3) is 5.52 Å². The van der Waals surface area contributed by atoms with Crippen LogP contribution in [0, 0.1) is 0 Å². The van der Waals surface area contributed by atoms with Crippen LogP contribution in [0.3, 0.4) is 0 Å². The van der Waals surface area contributed by atoms with E-state index < -0.39 is 23.5 Å². The van der Waals surface area contributed by atoms with Crippen molar-refractivity contribution in [1.82, 2.24) is 9.38 Å². The topological polar surface area (TPSA) is 112 Å². The van der Waals surface area contributed by atoms with Crippen LogP contribution in [-0.2, 0) is 0 Å². The molecule has 0 saturated carbocycles. The Balaban J connectivity index is 2.93. The minimum atomic E-state index is -1.40. The lowest BCUT2D eigenvalue weighted by atomic mass is 10.3. The van der Waals surface area contributed by atoms with Crippen molar-refractivity contribution in [2.45, 2.75) is 0 Å². The zero-order valence-electron chi connectivity index (χ0n) is 7.78. The molecule has 0 aliphatic heterocycles. The van der Waals surface area contributed by atoms with Gasteiger partial charge in [0.1, 0.15) is 11.3 Å². The summed E-state index contributed by atoms with van der Waals surface area (Å²) in [4.78, 5) is 25.1. The van der Waals surface area contributed by atoms with E-state index in [9.17, 15) is 14.7 Å². The van der Waals surface area contributed by atoms with E-state index in [0.29, 0.717) is 0 Å². The summed E-state index contributed by atoms with van der Waals surface area (Å²) in [5.74, 6) is -3.55. The molecule has 0 unspecified atom stereocenters. The van der Waals surface area contributed by atoms with Gasteiger partial charge in [0.25, 0.3) is 0 Å². The summed E-state index contributed by atoms with van der Waals surface area (Å²) in [6.07, 6.45) is 1.32. The first-order valence-electron chi connectivity index (χ1n) is 4.19. The predicted octanol–water partition coefficient (Wildman–Crippen LogP) is 0.436. The molecule has 0 atom stereocenters. The average molecular weight is 222 g/mol. The number of aromatic carboxylic acids is 2. The molecule has 0 spiro atoms. The van der Waals surface area contributed by atoms with E-state index in [-0.39, 0.29) is 11.3 Å². The van der Waals surface area contributed by atoms with Crippen molar-refractivity contribution in [3.05, 3.63) is 29.8 Å². The molecule has 2 rings (SSSR count). The molecule has 0 aliphatic carbocycles. The molecule has 7 nitrogen and oxygen atoms in total. The molecule has 2 aromatic heterocycles. The Morgan fingerprint density at radius 1 is 1.25 bits per heavy atom. The van der Waals surface area contributed by atoms with E-state index in [0.717, 1.165) is 4.40 Å². The zero-order chi connectivity index (χ0) is 11.9. The first kappa shape index (κ1) is 9.97. The monoisotopic (exact) mass is 222 g/mol. The third-order valence-corrected chi connectivity index (χ3v) is 2.04. The van der Waals surface area contributed by atoms with Gasteiger partial charge in [-0.3, -0.25) is 4.40 Å². The molecular formula is C9H6N2O5. The smallest absolute Gasteiger partial charge is 0.372 e. The van der Waals surface area contributed by atoms with Gasteiger partial charge in [0.15, 0.2) is 5.69 Å². The highest BCUT2D eigenvalue weighted by atomic mass is 16.4. The minimum absolute atomic E-state index is 0.132. The first-order chi connectivity index (χ1) is 7.52. The van der Waals surface area contributed by atoms with Crippen LogP contribution in [-0.4, -0.2) is 36.6 Å². The third kappa shape index (κ3) is 1.26. The molecule has 0 aromatic carbocycles. The number of imidazole rings is 1. The van der Waals surface area contributed by atoms with Gasteiger partial charge in [-0.2, -0.15) is 0 Å². The molecule has 0 saturated heterocycles. The molecule has 0 fully saturated rings. The van der Waals surface area contributed by atoms with Crippen LogP contribution in [0.5, 0.6) is 5.75 Å². The second-order valence-corrected chi connectivity index (χ2v) is 3.01. The maximum absolute atomic E-state index is 10.8. The molecular weight excluding hydrogens is 216 g/mol. The molecule has 16 heavy (non-hydrogen) atoms. The van der Waals surface area contributed by atoms with Crippen LogP contribution < -0.4 is 0 Å². The van der Waals surface area contributed by atoms with Crippen LogP contribution >= 0.6 is 0 Å². The van der Waals surface area contributed by atoms with Gasteiger partial charge in [-0.1, -0.05) is 0 Å². The van der Waals surface area contributed by atoms with Gasteiger partial charge in [0.05, 0.1) is 0 Å². The number of rotatable bonds is 2. The van der Waals surface area contributed by atoms with Gasteiger partial charge in [-0.05, 0) is 12.1 Å². The number of carboxylic acid groups (broad SMARTS) is 2. The number of carbonyl (C=O) groups is 2. The number of pyridine rings is 1. The molecule has 0 aliphatic rings. The molecule has 3 N–H and O–H groups in total. The standard InChI is InChI=1S/C9H6N2O5/c12-4-2-1-3-11-6(4)5(8(13)14)10-7(11)9(15)16/h1-3,12H,(H,13,14)(H,15,16). The van der Waals surface area contributed by atoms with E-state index in [1.54, 1.807) is 0 Å². The fraction of sp³-hybridized carbons (Fsp3) is 0. The summed E-state index contributed by atoms with van der Waals surface area (Å²) in [5.41, 5.74) is -0.622. The predicted molar refractivity (Wildman–Crippen MR) is 50.8 cm³/mol. The highest BCUT2D eigenvalue weighted by Gasteiger charge is 2.22. The van der Waals surface area contributed by atoms with Crippen molar-refractivity contribution in [3.8, 4) is 5.75 Å². The Morgan fingerprint density at radius 3 is 2.50 bits per heavy atom. The minimum Gasteiger partial charge on any atom is -0.506 e. The number of hydrogen-bond acceptors (Lipinski definition) is 4. The van der Waals surface area contributed by atoms with Gasteiger partial charge in [0.2, 0.25) is 5.82 Å². The fourth-order valence-electron chi connectivity index (χ4n) is 1.42. The Morgan fingerprint density at radius 2 is 1.94 bits per heavy atom. The van der Waals surface area contributed by atoms with Crippen molar-refractivity contribution in [2.75, 3.05) is 0 Å². The average Bonchev–Trinajstić information content (AvgIpc) is 2.58. The SMILES string of the molecule is O=C(O)c1nc(C(=O)O)n2cccc(O)c12. The Labute approximate surface area is 88.2 Å². The quantitative estimate of drug-likeness (QED) is 0.679. The van der Waals surface area contributed by atoms with E-state index in [1.807, 2.05) is 0 Å². The summed E-state index contributed by atoms with van der Waals surface area (Å²) < 4.78 is 1.01. The lowest BCUT2D eigenvalue weighted by Crippen LogP contribution is -2.03. The maximum Gasteiger partial charge on any atom is 0.372 e. The Hall–Kier alpha value is -2.57. The maximum atomic E-state index is 10.8. The van der Waals surface area contributed by atoms with Crippen LogP contribution in [0.1, 0.15) is 21.1 Å². The summed E-state index contributed by atoms with van der Waals surface area (Å²) in [6.45, 7) is 0. The van der Waals surface area contributed by atoms with Crippen molar-refractivity contribution >= 4 is 17.5 Å². The summed E-state index contributed by atoms with van der Waals surface area (Å²) in [6, 6.07) is 2.65. The zero-order valence-corrected chi connectivity index (χ0v) is 7.78. The first-order valence-corrected chi connectivity index (χ1v) is 4.19. The summed E-state index contributed by atoms with van der Waals surface area (Å²) >= 11 is 0. The number of fused-ring (bicyclic) bond motifs is 1. The van der Waals surface area contributed by atoms with Crippen LogP contribution in [0.2, 0.25) is 0 Å². The molecule has 2 heterocycles. The lowest BCUT2D eigenvalue weighted by molar-refractivity contribution is 0.0682. The molecule has 0 amide bonds. The van der Waals surface area contributed by atoms with Gasteiger partial charge in [0, 0.05) is 6.20 Å². The van der Waals surface area contributed by atoms with Gasteiger partial charge < -0.3 is 15.3 Å². The number of aromatic nitrogens is 2. The largest absolute Gasteiger partial charge is 0.506 e. The molecule has 0 radical (unpaired) electrons. The van der Waals surface area contributed by atoms with Crippen molar-refractivity contribution < 1.29 is 24.9 Å². The van der Waals surface area contributed by atoms with Gasteiger partial charge in [-0.25, -0.2) is 14.6 Å². The highest BCUT2D eigenvalue weighted by Crippen LogP contribution is 2.23. The Bertz CT molecular complexity index is 601. The van der Waals surface area contributed by atoms with Gasteiger partial charge in [-0.15, -0.1) is 0 Å². The number of carboxylic acids is 2. The summed E-state index contributed by atoms with van der Waals surface area (Å²) in [5, 5.41) is 27.1. The fourth-order valence-corrected chi connectivity index (χ4v) is 1.42. The molecule has 7 heteroatoms. The van der Waals surface area contributed by atoms with E-state index in [4.69, 9.17) is 10.2 Å². The number of aromatic hydroxyl groups is 1. The molecule has 0 bridgehead atoms. The summed E-state index contributed by atoms with van der Waals surface area (Å²) in [7, 11) is 0. The highest BCUT2D eigenvalue weighted by molar-refractivity contribution is 5.98. The Kier molecular flexibility index (Phi) is 2.01. The van der Waals surface area contributed by atoms with Crippen molar-refractivity contribution in [3.63, 3.8) is 0 Å².